The van der Waals surface area contributed by atoms with Crippen LogP contribution in [0, 0.1) is 6.92 Å². The number of hydrogen-bond acceptors (Lipinski definition) is 1. The Morgan fingerprint density at radius 3 is 2.73 bits per heavy atom. The lowest BCUT2D eigenvalue weighted by Gasteiger charge is -2.02. The average molecular weight is 147 g/mol. The van der Waals surface area contributed by atoms with Crippen molar-refractivity contribution in [2.45, 2.75) is 13.5 Å². The van der Waals surface area contributed by atoms with E-state index in [1.807, 2.05) is 18.2 Å². The van der Waals surface area contributed by atoms with Crippen molar-refractivity contribution in [3.05, 3.63) is 41.5 Å². The molecule has 0 heterocycles. The lowest BCUT2D eigenvalue weighted by atomic mass is 10.1. The number of benzene rings is 1. The Bertz CT molecular complexity index is 264. The van der Waals surface area contributed by atoms with Crippen LogP contribution in [0.25, 0.3) is 6.08 Å². The third-order valence-electron chi connectivity index (χ3n) is 1.79. The Balaban J connectivity index is 3.09. The van der Waals surface area contributed by atoms with Gasteiger partial charge in [-0.2, -0.15) is 0 Å². The number of aryl methyl sites for hydroxylation is 1. The second kappa shape index (κ2) is 3.35. The van der Waals surface area contributed by atoms with Gasteiger partial charge in [-0.05, 0) is 23.6 Å². The summed E-state index contributed by atoms with van der Waals surface area (Å²) in [5.74, 6) is 0. The minimum absolute atomic E-state index is 0.609. The van der Waals surface area contributed by atoms with Crippen molar-refractivity contribution in [1.29, 1.82) is 0 Å². The molecule has 0 saturated heterocycles. The third-order valence-corrected chi connectivity index (χ3v) is 1.79. The topological polar surface area (TPSA) is 26.0 Å². The van der Waals surface area contributed by atoms with E-state index in [-0.39, 0.29) is 0 Å². The molecule has 2 N–H and O–H groups in total. The predicted octanol–water partition coefficient (Wildman–Crippen LogP) is 2.10. The van der Waals surface area contributed by atoms with Gasteiger partial charge in [-0.1, -0.05) is 30.9 Å². The van der Waals surface area contributed by atoms with Crippen LogP contribution in [0.15, 0.2) is 24.8 Å². The molecule has 0 saturated carbocycles. The molecule has 0 aliphatic rings. The van der Waals surface area contributed by atoms with Crippen LogP contribution in [0.4, 0.5) is 0 Å². The van der Waals surface area contributed by atoms with Gasteiger partial charge in [-0.3, -0.25) is 0 Å². The number of hydrogen-bond donors (Lipinski definition) is 1. The fraction of sp³-hybridized carbons (Fsp3) is 0.200. The molecule has 0 aliphatic carbocycles. The van der Waals surface area contributed by atoms with Crippen LogP contribution < -0.4 is 5.73 Å². The molecule has 0 fully saturated rings. The molecule has 0 radical (unpaired) electrons. The van der Waals surface area contributed by atoms with Gasteiger partial charge in [0, 0.05) is 6.54 Å². The number of nitrogens with two attached hydrogens (primary N) is 1. The second-order valence-electron chi connectivity index (χ2n) is 2.60. The van der Waals surface area contributed by atoms with E-state index >= 15 is 0 Å². The highest BCUT2D eigenvalue weighted by Crippen LogP contribution is 2.11. The van der Waals surface area contributed by atoms with Crippen LogP contribution in [0.5, 0.6) is 0 Å². The van der Waals surface area contributed by atoms with Crippen molar-refractivity contribution in [3.63, 3.8) is 0 Å². The van der Waals surface area contributed by atoms with Crippen LogP contribution in [-0.4, -0.2) is 0 Å². The Labute approximate surface area is 67.5 Å². The molecular weight excluding hydrogens is 134 g/mol. The Morgan fingerprint density at radius 2 is 2.27 bits per heavy atom. The molecule has 1 rings (SSSR count). The zero-order valence-electron chi connectivity index (χ0n) is 6.80. The first-order valence-corrected chi connectivity index (χ1v) is 3.70. The van der Waals surface area contributed by atoms with Gasteiger partial charge < -0.3 is 5.73 Å². The maximum absolute atomic E-state index is 5.48. The van der Waals surface area contributed by atoms with Crippen molar-refractivity contribution in [3.8, 4) is 0 Å². The Hall–Kier alpha value is -1.08. The molecule has 0 atom stereocenters. The highest BCUT2D eigenvalue weighted by atomic mass is 14.5. The third kappa shape index (κ3) is 1.69. The summed E-state index contributed by atoms with van der Waals surface area (Å²) in [5, 5.41) is 0. The van der Waals surface area contributed by atoms with Crippen molar-refractivity contribution in [2.75, 3.05) is 0 Å². The lowest BCUT2D eigenvalue weighted by Crippen LogP contribution is -1.96. The summed E-state index contributed by atoms with van der Waals surface area (Å²) in [6, 6.07) is 6.17. The van der Waals surface area contributed by atoms with Gasteiger partial charge in [0.1, 0.15) is 0 Å². The van der Waals surface area contributed by atoms with Gasteiger partial charge in [0.15, 0.2) is 0 Å². The highest BCUT2D eigenvalue weighted by molar-refractivity contribution is 5.52. The Morgan fingerprint density at radius 1 is 1.55 bits per heavy atom. The maximum Gasteiger partial charge on any atom is 0.0178 e. The zero-order chi connectivity index (χ0) is 8.27. The first-order chi connectivity index (χ1) is 5.27. The van der Waals surface area contributed by atoms with Gasteiger partial charge in [0.05, 0.1) is 0 Å². The van der Waals surface area contributed by atoms with Crippen LogP contribution >= 0.6 is 0 Å². The van der Waals surface area contributed by atoms with E-state index in [1.165, 1.54) is 16.7 Å². The molecule has 0 aliphatic heterocycles. The van der Waals surface area contributed by atoms with Gasteiger partial charge >= 0.3 is 0 Å². The minimum Gasteiger partial charge on any atom is -0.326 e. The number of rotatable bonds is 2. The quantitative estimate of drug-likeness (QED) is 0.681. The SMILES string of the molecule is C=Cc1ccc(CN)cc1C. The first kappa shape index (κ1) is 8.02. The van der Waals surface area contributed by atoms with E-state index in [9.17, 15) is 0 Å². The second-order valence-corrected chi connectivity index (χ2v) is 2.60. The smallest absolute Gasteiger partial charge is 0.0178 e. The van der Waals surface area contributed by atoms with Gasteiger partial charge in [0.25, 0.3) is 0 Å². The van der Waals surface area contributed by atoms with Gasteiger partial charge in [-0.25, -0.2) is 0 Å². The highest BCUT2D eigenvalue weighted by Gasteiger charge is 1.93. The molecule has 11 heavy (non-hydrogen) atoms. The summed E-state index contributed by atoms with van der Waals surface area (Å²) in [4.78, 5) is 0. The van der Waals surface area contributed by atoms with E-state index in [1.54, 1.807) is 0 Å². The summed E-state index contributed by atoms with van der Waals surface area (Å²) < 4.78 is 0. The monoisotopic (exact) mass is 147 g/mol. The van der Waals surface area contributed by atoms with E-state index in [0.29, 0.717) is 6.54 Å². The summed E-state index contributed by atoms with van der Waals surface area (Å²) in [6.07, 6.45) is 1.86. The molecule has 0 aromatic heterocycles. The fourth-order valence-electron chi connectivity index (χ4n) is 1.09. The summed E-state index contributed by atoms with van der Waals surface area (Å²) in [5.41, 5.74) is 9.08. The molecule has 1 aromatic carbocycles. The average Bonchev–Trinajstić information content (AvgIpc) is 2.04. The van der Waals surface area contributed by atoms with Crippen LogP contribution in [0.3, 0.4) is 0 Å². The van der Waals surface area contributed by atoms with Crippen molar-refractivity contribution >= 4 is 6.08 Å². The molecular formula is C10H13N. The predicted molar refractivity (Wildman–Crippen MR) is 49.2 cm³/mol. The molecule has 0 spiro atoms. The van der Waals surface area contributed by atoms with Gasteiger partial charge in [-0.15, -0.1) is 0 Å². The molecule has 0 bridgehead atoms. The lowest BCUT2D eigenvalue weighted by molar-refractivity contribution is 1.06. The molecule has 1 heteroatoms. The van der Waals surface area contributed by atoms with E-state index in [4.69, 9.17) is 5.73 Å². The van der Waals surface area contributed by atoms with E-state index in [0.717, 1.165) is 0 Å². The van der Waals surface area contributed by atoms with Crippen molar-refractivity contribution in [2.24, 2.45) is 5.73 Å². The molecule has 58 valence electrons. The van der Waals surface area contributed by atoms with E-state index in [2.05, 4.69) is 19.6 Å². The molecule has 0 amide bonds. The maximum atomic E-state index is 5.48. The summed E-state index contributed by atoms with van der Waals surface area (Å²) in [7, 11) is 0. The van der Waals surface area contributed by atoms with Crippen molar-refractivity contribution < 1.29 is 0 Å². The minimum atomic E-state index is 0.609. The largest absolute Gasteiger partial charge is 0.326 e. The van der Waals surface area contributed by atoms with Crippen LogP contribution in [0.2, 0.25) is 0 Å². The Kier molecular flexibility index (Phi) is 2.44. The van der Waals surface area contributed by atoms with Crippen molar-refractivity contribution in [1.82, 2.24) is 0 Å². The first-order valence-electron chi connectivity index (χ1n) is 3.70. The van der Waals surface area contributed by atoms with Gasteiger partial charge in [0.2, 0.25) is 0 Å². The van der Waals surface area contributed by atoms with Crippen LogP contribution in [0.1, 0.15) is 16.7 Å². The summed E-state index contributed by atoms with van der Waals surface area (Å²) >= 11 is 0. The standard InChI is InChI=1S/C10H13N/c1-3-10-5-4-9(7-11)6-8(10)2/h3-6H,1,7,11H2,2H3. The summed E-state index contributed by atoms with van der Waals surface area (Å²) in [6.45, 7) is 6.39. The van der Waals surface area contributed by atoms with E-state index < -0.39 is 0 Å². The van der Waals surface area contributed by atoms with Crippen LogP contribution in [-0.2, 0) is 6.54 Å². The normalized spacial score (nSPS) is 9.64. The zero-order valence-corrected chi connectivity index (χ0v) is 6.80. The molecule has 1 aromatic rings. The molecule has 1 nitrogen and oxygen atoms in total. The fourth-order valence-corrected chi connectivity index (χ4v) is 1.09. The molecule has 0 unspecified atom stereocenters.